The quantitative estimate of drug-likeness (QED) is 0.0741. The summed E-state index contributed by atoms with van der Waals surface area (Å²) in [7, 11) is 0. The minimum atomic E-state index is -0.0678. The molecular weight excluding hydrogens is 448 g/mol. The number of unbranched alkanes of at least 4 members (excludes halogenated alkanes) is 21. The van der Waals surface area contributed by atoms with Gasteiger partial charge in [0.05, 0.1) is 13.2 Å². The first-order valence-electron chi connectivity index (χ1n) is 16.0. The molecule has 4 nitrogen and oxygen atoms in total. The van der Waals surface area contributed by atoms with Crippen molar-refractivity contribution in [3.8, 4) is 0 Å². The highest BCUT2D eigenvalue weighted by molar-refractivity contribution is 5.69. The van der Waals surface area contributed by atoms with Gasteiger partial charge in [-0.25, -0.2) is 0 Å². The first kappa shape index (κ1) is 34.9. The molecule has 0 aromatic heterocycles. The fraction of sp³-hybridized carbons (Fsp3) is 0.938. The zero-order valence-corrected chi connectivity index (χ0v) is 24.4. The molecule has 0 atom stereocenters. The highest BCUT2D eigenvalue weighted by atomic mass is 16.5. The van der Waals surface area contributed by atoms with E-state index >= 15 is 0 Å². The van der Waals surface area contributed by atoms with Crippen LogP contribution in [-0.4, -0.2) is 25.2 Å². The summed E-state index contributed by atoms with van der Waals surface area (Å²) >= 11 is 0. The van der Waals surface area contributed by atoms with E-state index in [2.05, 4.69) is 13.8 Å². The number of hydrogen-bond acceptors (Lipinski definition) is 4. The highest BCUT2D eigenvalue weighted by Gasteiger charge is 2.05. The van der Waals surface area contributed by atoms with Gasteiger partial charge in [-0.2, -0.15) is 0 Å². The van der Waals surface area contributed by atoms with Crippen LogP contribution in [0.4, 0.5) is 0 Å². The maximum Gasteiger partial charge on any atom is 0.305 e. The molecule has 0 aliphatic carbocycles. The molecule has 0 unspecified atom stereocenters. The Kier molecular flexibility index (Phi) is 29.3. The Morgan fingerprint density at radius 2 is 0.611 bits per heavy atom. The summed E-state index contributed by atoms with van der Waals surface area (Å²) in [6.07, 6.45) is 30.4. The number of carbonyl (C=O) groups is 2. The topological polar surface area (TPSA) is 52.6 Å². The van der Waals surface area contributed by atoms with Crippen molar-refractivity contribution in [1.82, 2.24) is 0 Å². The second kappa shape index (κ2) is 30.2. The molecule has 0 aliphatic rings. The third-order valence-electron chi connectivity index (χ3n) is 7.03. The van der Waals surface area contributed by atoms with E-state index in [9.17, 15) is 9.59 Å². The van der Waals surface area contributed by atoms with Crippen molar-refractivity contribution in [2.45, 2.75) is 181 Å². The van der Waals surface area contributed by atoms with E-state index in [1.807, 2.05) is 0 Å². The molecule has 0 heterocycles. The van der Waals surface area contributed by atoms with Gasteiger partial charge in [0.25, 0.3) is 0 Å². The van der Waals surface area contributed by atoms with Crippen LogP contribution < -0.4 is 0 Å². The van der Waals surface area contributed by atoms with Gasteiger partial charge in [-0.05, 0) is 25.7 Å². The van der Waals surface area contributed by atoms with Gasteiger partial charge in [-0.15, -0.1) is 0 Å². The summed E-state index contributed by atoms with van der Waals surface area (Å²) < 4.78 is 10.7. The van der Waals surface area contributed by atoms with E-state index in [0.29, 0.717) is 26.1 Å². The molecule has 0 saturated carbocycles. The summed E-state index contributed by atoms with van der Waals surface area (Å²) in [5.41, 5.74) is 0. The lowest BCUT2D eigenvalue weighted by Gasteiger charge is -2.06. The fourth-order valence-corrected chi connectivity index (χ4v) is 4.59. The van der Waals surface area contributed by atoms with Gasteiger partial charge >= 0.3 is 11.9 Å². The van der Waals surface area contributed by atoms with E-state index in [1.165, 1.54) is 103 Å². The molecule has 0 fully saturated rings. The summed E-state index contributed by atoms with van der Waals surface area (Å²) in [6, 6.07) is 0. The van der Waals surface area contributed by atoms with E-state index in [4.69, 9.17) is 9.47 Å². The molecule has 0 aromatic rings. The van der Waals surface area contributed by atoms with Crippen LogP contribution in [-0.2, 0) is 19.1 Å². The fourth-order valence-electron chi connectivity index (χ4n) is 4.59. The Labute approximate surface area is 225 Å². The molecule has 0 bridgehead atoms. The minimum absolute atomic E-state index is 0.0678. The Morgan fingerprint density at radius 3 is 0.917 bits per heavy atom. The summed E-state index contributed by atoms with van der Waals surface area (Å²) in [4.78, 5) is 23.7. The number of hydrogen-bond donors (Lipinski definition) is 0. The second-order valence-corrected chi connectivity index (χ2v) is 10.7. The molecule has 0 spiro atoms. The van der Waals surface area contributed by atoms with Crippen LogP contribution in [0.25, 0.3) is 0 Å². The zero-order valence-electron chi connectivity index (χ0n) is 24.4. The van der Waals surface area contributed by atoms with E-state index in [0.717, 1.165) is 51.4 Å². The highest BCUT2D eigenvalue weighted by Crippen LogP contribution is 2.12. The van der Waals surface area contributed by atoms with Crippen LogP contribution in [0.2, 0.25) is 0 Å². The number of esters is 2. The Morgan fingerprint density at radius 1 is 0.361 bits per heavy atom. The number of rotatable bonds is 29. The lowest BCUT2D eigenvalue weighted by molar-refractivity contribution is -0.145. The molecule has 0 amide bonds. The van der Waals surface area contributed by atoms with Gasteiger partial charge in [0.1, 0.15) is 0 Å². The van der Waals surface area contributed by atoms with E-state index in [1.54, 1.807) is 0 Å². The first-order chi connectivity index (χ1) is 17.7. The van der Waals surface area contributed by atoms with Gasteiger partial charge in [-0.3, -0.25) is 9.59 Å². The molecule has 0 saturated heterocycles. The molecule has 0 rings (SSSR count). The van der Waals surface area contributed by atoms with Crippen LogP contribution in [0.15, 0.2) is 0 Å². The summed E-state index contributed by atoms with van der Waals surface area (Å²) in [6.45, 7) is 5.65. The monoisotopic (exact) mass is 510 g/mol. The lowest BCUT2D eigenvalue weighted by atomic mass is 10.1. The zero-order chi connectivity index (χ0) is 26.4. The number of ether oxygens (including phenoxy) is 2. The van der Waals surface area contributed by atoms with Crippen molar-refractivity contribution in [2.75, 3.05) is 13.2 Å². The summed E-state index contributed by atoms with van der Waals surface area (Å²) in [5, 5.41) is 0. The smallest absolute Gasteiger partial charge is 0.305 e. The van der Waals surface area contributed by atoms with E-state index in [-0.39, 0.29) is 11.9 Å². The van der Waals surface area contributed by atoms with Gasteiger partial charge < -0.3 is 9.47 Å². The van der Waals surface area contributed by atoms with Crippen molar-refractivity contribution < 1.29 is 19.1 Å². The van der Waals surface area contributed by atoms with Crippen LogP contribution in [0.5, 0.6) is 0 Å². The van der Waals surface area contributed by atoms with Crippen molar-refractivity contribution in [3.63, 3.8) is 0 Å². The average Bonchev–Trinajstić information content (AvgIpc) is 2.87. The third-order valence-corrected chi connectivity index (χ3v) is 7.03. The molecule has 4 heteroatoms. The minimum Gasteiger partial charge on any atom is -0.466 e. The van der Waals surface area contributed by atoms with Gasteiger partial charge in [0, 0.05) is 12.8 Å². The van der Waals surface area contributed by atoms with Gasteiger partial charge in [-0.1, -0.05) is 142 Å². The van der Waals surface area contributed by atoms with Gasteiger partial charge in [0.15, 0.2) is 0 Å². The predicted octanol–water partition coefficient (Wildman–Crippen LogP) is 10.3. The SMILES string of the molecule is CCCCCCCCCCCCOC(=O)CCCCCCC(=O)OCCCCCCCCCCCC. The van der Waals surface area contributed by atoms with Crippen LogP contribution >= 0.6 is 0 Å². The van der Waals surface area contributed by atoms with Crippen LogP contribution in [0.1, 0.15) is 181 Å². The maximum absolute atomic E-state index is 11.8. The lowest BCUT2D eigenvalue weighted by Crippen LogP contribution is -2.06. The molecule has 0 aliphatic heterocycles. The molecule has 0 radical (unpaired) electrons. The van der Waals surface area contributed by atoms with Crippen molar-refractivity contribution in [3.05, 3.63) is 0 Å². The third kappa shape index (κ3) is 29.2. The van der Waals surface area contributed by atoms with Crippen molar-refractivity contribution in [2.24, 2.45) is 0 Å². The van der Waals surface area contributed by atoms with Crippen molar-refractivity contribution in [1.29, 1.82) is 0 Å². The number of carbonyl (C=O) groups excluding carboxylic acids is 2. The van der Waals surface area contributed by atoms with Gasteiger partial charge in [0.2, 0.25) is 0 Å². The van der Waals surface area contributed by atoms with Crippen LogP contribution in [0, 0.1) is 0 Å². The standard InChI is InChI=1S/C32H62O4/c1-3-5-7-9-11-13-15-17-21-25-29-35-31(33)27-23-19-20-24-28-32(34)36-30-26-22-18-16-14-12-10-8-6-4-2/h3-30H2,1-2H3. The Balaban J connectivity index is 3.26. The molecule has 214 valence electrons. The molecule has 36 heavy (non-hydrogen) atoms. The van der Waals surface area contributed by atoms with Crippen molar-refractivity contribution >= 4 is 11.9 Å². The molecule has 0 N–H and O–H groups in total. The Hall–Kier alpha value is -1.06. The maximum atomic E-state index is 11.8. The largest absolute Gasteiger partial charge is 0.466 e. The van der Waals surface area contributed by atoms with Crippen LogP contribution in [0.3, 0.4) is 0 Å². The normalized spacial score (nSPS) is 11.1. The summed E-state index contributed by atoms with van der Waals surface area (Å²) in [5.74, 6) is -0.136. The first-order valence-corrected chi connectivity index (χ1v) is 16.0. The van der Waals surface area contributed by atoms with E-state index < -0.39 is 0 Å². The average molecular weight is 511 g/mol. The molecular formula is C32H62O4. The molecule has 0 aromatic carbocycles. The Bertz CT molecular complexity index is 421. The second-order valence-electron chi connectivity index (χ2n) is 10.7. The predicted molar refractivity (Wildman–Crippen MR) is 153 cm³/mol.